The third-order valence-electron chi connectivity index (χ3n) is 8.95. The molecule has 1 unspecified atom stereocenters. The molecule has 2 N–H and O–H groups in total. The maximum Gasteiger partial charge on any atom is 0.313 e. The third-order valence-corrected chi connectivity index (χ3v) is 8.95. The van der Waals surface area contributed by atoms with E-state index in [9.17, 15) is 24.3 Å². The van der Waals surface area contributed by atoms with Gasteiger partial charge in [0.2, 0.25) is 17.7 Å². The summed E-state index contributed by atoms with van der Waals surface area (Å²) >= 11 is 0. The lowest BCUT2D eigenvalue weighted by molar-refractivity contribution is -0.161. The number of nitrogens with one attached hydrogen (secondary N) is 1. The predicted octanol–water partition coefficient (Wildman–Crippen LogP) is 2.29. The van der Waals surface area contributed by atoms with Crippen molar-refractivity contribution in [3.63, 3.8) is 0 Å². The summed E-state index contributed by atoms with van der Waals surface area (Å²) in [6.07, 6.45) is 7.82. The van der Waals surface area contributed by atoms with Gasteiger partial charge in [-0.1, -0.05) is 68.0 Å². The standard InChI is InChI=1S/C32H41N3O7/c1-4-11-20(2)34-17-10-16-32-26(29(38)35(18-19-36)28(32)30(34)39)25-23(42-32)14-8-9-15-24(37)33-21(3)27(41-31(25)40)22-12-6-5-7-13-22/h5-8,10,12-14,16,20-21,23,25-28,36H,4,9,11,15,17-19H2,1-3H3,(H,33,37)/b14-8-/t20?,21-,23-,25+,26+,27+,28-,32+/m0/s1. The van der Waals surface area contributed by atoms with E-state index in [0.29, 0.717) is 18.5 Å². The molecule has 42 heavy (non-hydrogen) atoms. The number of amides is 3. The quantitative estimate of drug-likeness (QED) is 0.391. The fraction of sp³-hybridized carbons (Fsp3) is 0.562. The zero-order valence-corrected chi connectivity index (χ0v) is 24.5. The Hall–Kier alpha value is -3.50. The molecule has 0 aliphatic carbocycles. The number of β-amino-alcohol motifs (C(OH)–C–C–N with tert-alkyl or cyclic N) is 1. The molecular formula is C32H41N3O7. The number of cyclic esters (lactones) is 1. The van der Waals surface area contributed by atoms with Gasteiger partial charge in [0, 0.05) is 25.6 Å². The summed E-state index contributed by atoms with van der Waals surface area (Å²) < 4.78 is 12.8. The van der Waals surface area contributed by atoms with E-state index in [1.54, 1.807) is 30.1 Å². The van der Waals surface area contributed by atoms with E-state index < -0.39 is 53.6 Å². The van der Waals surface area contributed by atoms with Crippen LogP contribution in [0.5, 0.6) is 0 Å². The Kier molecular flexibility index (Phi) is 8.84. The Labute approximate surface area is 246 Å². The zero-order valence-electron chi connectivity index (χ0n) is 24.5. The van der Waals surface area contributed by atoms with Crippen LogP contribution in [-0.2, 0) is 28.7 Å². The van der Waals surface area contributed by atoms with Crippen molar-refractivity contribution in [2.45, 2.75) is 82.4 Å². The number of benzene rings is 1. The summed E-state index contributed by atoms with van der Waals surface area (Å²) in [7, 11) is 0. The molecule has 4 aliphatic heterocycles. The third kappa shape index (κ3) is 5.26. The predicted molar refractivity (Wildman–Crippen MR) is 154 cm³/mol. The number of rotatable bonds is 6. The molecule has 226 valence electrons. The Balaban J connectivity index is 1.58. The molecule has 0 bridgehead atoms. The van der Waals surface area contributed by atoms with E-state index in [1.165, 1.54) is 4.90 Å². The number of hydrogen-bond acceptors (Lipinski definition) is 7. The van der Waals surface area contributed by atoms with Crippen LogP contribution in [0.15, 0.2) is 54.6 Å². The summed E-state index contributed by atoms with van der Waals surface area (Å²) in [6.45, 7) is 5.79. The minimum Gasteiger partial charge on any atom is -0.455 e. The smallest absolute Gasteiger partial charge is 0.313 e. The number of ether oxygens (including phenoxy) is 2. The van der Waals surface area contributed by atoms with Crippen molar-refractivity contribution >= 4 is 23.7 Å². The van der Waals surface area contributed by atoms with Crippen LogP contribution in [0.3, 0.4) is 0 Å². The summed E-state index contributed by atoms with van der Waals surface area (Å²) in [6, 6.07) is 7.54. The first-order chi connectivity index (χ1) is 20.2. The van der Waals surface area contributed by atoms with Gasteiger partial charge in [-0.2, -0.15) is 0 Å². The molecule has 4 aliphatic rings. The normalized spacial score (nSPS) is 34.8. The van der Waals surface area contributed by atoms with Crippen LogP contribution in [0.25, 0.3) is 0 Å². The number of aliphatic hydroxyl groups excluding tert-OH is 1. The molecule has 2 saturated heterocycles. The second kappa shape index (κ2) is 12.4. The van der Waals surface area contributed by atoms with E-state index in [1.807, 2.05) is 43.3 Å². The van der Waals surface area contributed by atoms with Crippen molar-refractivity contribution in [2.75, 3.05) is 19.7 Å². The molecule has 10 heteroatoms. The van der Waals surface area contributed by atoms with Crippen molar-refractivity contribution in [2.24, 2.45) is 11.8 Å². The molecule has 4 heterocycles. The first kappa shape index (κ1) is 30.0. The number of hydrogen-bond donors (Lipinski definition) is 2. The van der Waals surface area contributed by atoms with E-state index in [-0.39, 0.29) is 37.4 Å². The molecular weight excluding hydrogens is 538 g/mol. The van der Waals surface area contributed by atoms with Crippen LogP contribution in [0.2, 0.25) is 0 Å². The van der Waals surface area contributed by atoms with Gasteiger partial charge >= 0.3 is 5.97 Å². The van der Waals surface area contributed by atoms with E-state index in [4.69, 9.17) is 9.47 Å². The molecule has 1 aromatic rings. The Morgan fingerprint density at radius 1 is 1.12 bits per heavy atom. The monoisotopic (exact) mass is 579 g/mol. The van der Waals surface area contributed by atoms with Gasteiger partial charge in [-0.05, 0) is 32.3 Å². The largest absolute Gasteiger partial charge is 0.455 e. The van der Waals surface area contributed by atoms with Crippen molar-refractivity contribution in [3.05, 3.63) is 60.2 Å². The van der Waals surface area contributed by atoms with Crippen LogP contribution >= 0.6 is 0 Å². The van der Waals surface area contributed by atoms with Gasteiger partial charge in [-0.25, -0.2) is 0 Å². The SMILES string of the molecule is CCCC(C)N1CC=C[C@@]23O[C@H]4/C=C\CCC(=O)N[C@@H](C)[C@H](c5ccccc5)OC(=O)[C@H]4[C@@H]2C(=O)N(CCO)[C@H]3C1=O. The number of likely N-dealkylation sites (tertiary alicyclic amines) is 1. The summed E-state index contributed by atoms with van der Waals surface area (Å²) in [5, 5.41) is 12.8. The molecule has 2 fully saturated rings. The summed E-state index contributed by atoms with van der Waals surface area (Å²) in [4.78, 5) is 58.3. The maximum absolute atomic E-state index is 14.2. The molecule has 0 aromatic heterocycles. The highest BCUT2D eigenvalue weighted by molar-refractivity contribution is 5.99. The van der Waals surface area contributed by atoms with Gasteiger partial charge in [-0.15, -0.1) is 0 Å². The highest BCUT2D eigenvalue weighted by Crippen LogP contribution is 2.53. The number of allylic oxidation sites excluding steroid dienone is 1. The molecule has 8 atom stereocenters. The van der Waals surface area contributed by atoms with Crippen molar-refractivity contribution < 1.29 is 33.8 Å². The summed E-state index contributed by atoms with van der Waals surface area (Å²) in [5.41, 5.74) is -0.704. The van der Waals surface area contributed by atoms with Crippen LogP contribution in [-0.4, -0.2) is 88.1 Å². The minimum absolute atomic E-state index is 0.0569. The lowest BCUT2D eigenvalue weighted by atomic mass is 9.77. The maximum atomic E-state index is 14.2. The first-order valence-electron chi connectivity index (χ1n) is 15.0. The molecule has 3 amide bonds. The number of carbonyl (C=O) groups excluding carboxylic acids is 4. The highest BCUT2D eigenvalue weighted by atomic mass is 16.6. The highest BCUT2D eigenvalue weighted by Gasteiger charge is 2.71. The van der Waals surface area contributed by atoms with E-state index >= 15 is 0 Å². The van der Waals surface area contributed by atoms with Crippen molar-refractivity contribution in [1.82, 2.24) is 15.1 Å². The van der Waals surface area contributed by atoms with Gasteiger partial charge in [0.1, 0.15) is 23.7 Å². The van der Waals surface area contributed by atoms with Crippen LogP contribution in [0.4, 0.5) is 0 Å². The van der Waals surface area contributed by atoms with Gasteiger partial charge in [-0.3, -0.25) is 19.2 Å². The molecule has 0 radical (unpaired) electrons. The number of aliphatic hydroxyl groups is 1. The van der Waals surface area contributed by atoms with E-state index in [2.05, 4.69) is 12.2 Å². The molecule has 1 spiro atoms. The van der Waals surface area contributed by atoms with Gasteiger partial charge in [0.15, 0.2) is 0 Å². The first-order valence-corrected chi connectivity index (χ1v) is 15.0. The average Bonchev–Trinajstić information content (AvgIpc) is 3.34. The number of carbonyl (C=O) groups is 4. The molecule has 1 aromatic carbocycles. The van der Waals surface area contributed by atoms with Crippen molar-refractivity contribution in [1.29, 1.82) is 0 Å². The van der Waals surface area contributed by atoms with Crippen LogP contribution in [0.1, 0.15) is 58.1 Å². The number of esters is 1. The van der Waals surface area contributed by atoms with Gasteiger partial charge in [0.05, 0.1) is 24.7 Å². The Morgan fingerprint density at radius 2 is 1.88 bits per heavy atom. The van der Waals surface area contributed by atoms with E-state index in [0.717, 1.165) is 12.8 Å². The summed E-state index contributed by atoms with van der Waals surface area (Å²) in [5.74, 6) is -3.54. The molecule has 5 rings (SSSR count). The average molecular weight is 580 g/mol. The topological polar surface area (TPSA) is 125 Å². The lowest BCUT2D eigenvalue weighted by Gasteiger charge is -2.37. The van der Waals surface area contributed by atoms with Crippen molar-refractivity contribution in [3.8, 4) is 0 Å². The van der Waals surface area contributed by atoms with Crippen LogP contribution < -0.4 is 5.32 Å². The minimum atomic E-state index is -1.41. The van der Waals surface area contributed by atoms with Gasteiger partial charge < -0.3 is 29.7 Å². The molecule has 10 nitrogen and oxygen atoms in total. The zero-order chi connectivity index (χ0) is 30.0. The fourth-order valence-electron chi connectivity index (χ4n) is 7.04. The van der Waals surface area contributed by atoms with Gasteiger partial charge in [0.25, 0.3) is 0 Å². The van der Waals surface area contributed by atoms with Crippen LogP contribution in [0, 0.1) is 11.8 Å². The lowest BCUT2D eigenvalue weighted by Crippen LogP contribution is -2.57. The molecule has 0 saturated carbocycles. The fourth-order valence-corrected chi connectivity index (χ4v) is 7.04. The Morgan fingerprint density at radius 3 is 2.60 bits per heavy atom. The number of fused-ring (bicyclic) bond motifs is 2. The number of nitrogens with zero attached hydrogens (tertiary/aromatic N) is 2. The second-order valence-corrected chi connectivity index (χ2v) is 11.7. The second-order valence-electron chi connectivity index (χ2n) is 11.7. The Bertz CT molecular complexity index is 1250.